The van der Waals surface area contributed by atoms with E-state index in [4.69, 9.17) is 4.74 Å². The summed E-state index contributed by atoms with van der Waals surface area (Å²) in [5, 5.41) is 13.8. The number of aryl methyl sites for hydroxylation is 1. The van der Waals surface area contributed by atoms with Gasteiger partial charge in [-0.2, -0.15) is 10.4 Å². The van der Waals surface area contributed by atoms with Crippen LogP contribution in [0.15, 0.2) is 60.8 Å². The van der Waals surface area contributed by atoms with Crippen molar-refractivity contribution in [3.63, 3.8) is 0 Å². The van der Waals surface area contributed by atoms with Crippen molar-refractivity contribution in [2.24, 2.45) is 0 Å². The van der Waals surface area contributed by atoms with Gasteiger partial charge < -0.3 is 4.74 Å². The van der Waals surface area contributed by atoms with Crippen LogP contribution < -0.4 is 4.90 Å². The number of rotatable bonds is 4. The molecular weight excluding hydrogens is 364 g/mol. The fourth-order valence-corrected chi connectivity index (χ4v) is 2.92. The number of benzene rings is 2. The Morgan fingerprint density at radius 3 is 2.55 bits per heavy atom. The smallest absolute Gasteiger partial charge is 0.415 e. The second-order valence-electron chi connectivity index (χ2n) is 7.76. The zero-order chi connectivity index (χ0) is 21.0. The SMILES string of the molecule is Cc1nn(-c2ccccc2)cc1N(Cc1cccc(C#N)c1)C(=O)OC(C)(C)C. The molecule has 0 aliphatic carbocycles. The van der Waals surface area contributed by atoms with Crippen LogP contribution in [0.25, 0.3) is 5.69 Å². The van der Waals surface area contributed by atoms with Crippen molar-refractivity contribution < 1.29 is 9.53 Å². The van der Waals surface area contributed by atoms with Crippen molar-refractivity contribution in [1.82, 2.24) is 9.78 Å². The van der Waals surface area contributed by atoms with E-state index in [0.717, 1.165) is 11.3 Å². The number of nitrogens with zero attached hydrogens (tertiary/aromatic N) is 4. The number of amides is 1. The first-order valence-electron chi connectivity index (χ1n) is 9.38. The fourth-order valence-electron chi connectivity index (χ4n) is 2.92. The number of nitriles is 1. The molecule has 0 unspecified atom stereocenters. The van der Waals surface area contributed by atoms with Crippen LogP contribution in [-0.4, -0.2) is 21.5 Å². The lowest BCUT2D eigenvalue weighted by Gasteiger charge is -2.27. The van der Waals surface area contributed by atoms with E-state index < -0.39 is 11.7 Å². The Balaban J connectivity index is 2.00. The minimum atomic E-state index is -0.632. The van der Waals surface area contributed by atoms with Gasteiger partial charge in [0.25, 0.3) is 0 Å². The Kier molecular flexibility index (Phi) is 5.69. The highest BCUT2D eigenvalue weighted by molar-refractivity contribution is 5.88. The van der Waals surface area contributed by atoms with Crippen molar-refractivity contribution in [3.05, 3.63) is 77.6 Å². The maximum atomic E-state index is 13.0. The van der Waals surface area contributed by atoms with E-state index in [1.807, 2.05) is 70.3 Å². The molecule has 0 saturated heterocycles. The van der Waals surface area contributed by atoms with Gasteiger partial charge in [-0.3, -0.25) is 4.90 Å². The lowest BCUT2D eigenvalue weighted by Crippen LogP contribution is -2.36. The minimum Gasteiger partial charge on any atom is -0.443 e. The molecule has 0 saturated carbocycles. The monoisotopic (exact) mass is 388 g/mol. The maximum absolute atomic E-state index is 13.0. The summed E-state index contributed by atoms with van der Waals surface area (Å²) in [5.41, 5.74) is 3.01. The summed E-state index contributed by atoms with van der Waals surface area (Å²) in [6.07, 6.45) is 1.36. The molecule has 2 aromatic carbocycles. The largest absolute Gasteiger partial charge is 0.443 e. The number of hydrogen-bond donors (Lipinski definition) is 0. The second kappa shape index (κ2) is 8.19. The highest BCUT2D eigenvalue weighted by Gasteiger charge is 2.26. The van der Waals surface area contributed by atoms with E-state index in [0.29, 0.717) is 16.9 Å². The topological polar surface area (TPSA) is 71.2 Å². The fraction of sp³-hybridized carbons (Fsp3) is 0.261. The Labute approximate surface area is 170 Å². The molecule has 0 spiro atoms. The minimum absolute atomic E-state index is 0.270. The van der Waals surface area contributed by atoms with E-state index >= 15 is 0 Å². The third-order valence-electron chi connectivity index (χ3n) is 4.20. The number of carbonyl (C=O) groups excluding carboxylic acids is 1. The summed E-state index contributed by atoms with van der Waals surface area (Å²) < 4.78 is 7.38. The molecule has 0 fully saturated rings. The van der Waals surface area contributed by atoms with Gasteiger partial charge in [-0.05, 0) is 57.5 Å². The van der Waals surface area contributed by atoms with Gasteiger partial charge in [0.15, 0.2) is 0 Å². The number of hydrogen-bond acceptors (Lipinski definition) is 4. The Morgan fingerprint density at radius 2 is 1.90 bits per heavy atom. The predicted molar refractivity (Wildman–Crippen MR) is 112 cm³/mol. The molecule has 0 aliphatic rings. The molecule has 1 heterocycles. The summed E-state index contributed by atoms with van der Waals surface area (Å²) in [4.78, 5) is 14.6. The van der Waals surface area contributed by atoms with Crippen molar-refractivity contribution >= 4 is 11.8 Å². The molecule has 0 atom stereocenters. The van der Waals surface area contributed by atoms with Crippen LogP contribution in [0.4, 0.5) is 10.5 Å². The zero-order valence-corrected chi connectivity index (χ0v) is 17.1. The van der Waals surface area contributed by atoms with Crippen molar-refractivity contribution in [2.75, 3.05) is 4.90 Å². The second-order valence-corrected chi connectivity index (χ2v) is 7.76. The van der Waals surface area contributed by atoms with Gasteiger partial charge in [0.05, 0.1) is 41.4 Å². The van der Waals surface area contributed by atoms with Crippen molar-refractivity contribution in [3.8, 4) is 11.8 Å². The lowest BCUT2D eigenvalue weighted by atomic mass is 10.1. The third kappa shape index (κ3) is 5.02. The number of carbonyl (C=O) groups is 1. The molecule has 0 bridgehead atoms. The number of anilines is 1. The van der Waals surface area contributed by atoms with Gasteiger partial charge in [0, 0.05) is 0 Å². The first-order chi connectivity index (χ1) is 13.8. The molecule has 1 amide bonds. The molecule has 3 rings (SSSR count). The van der Waals surface area contributed by atoms with E-state index in [1.54, 1.807) is 27.8 Å². The quantitative estimate of drug-likeness (QED) is 0.631. The number of para-hydroxylation sites is 1. The maximum Gasteiger partial charge on any atom is 0.415 e. The first-order valence-corrected chi connectivity index (χ1v) is 9.38. The number of ether oxygens (including phenoxy) is 1. The van der Waals surface area contributed by atoms with Crippen LogP contribution in [0.5, 0.6) is 0 Å². The van der Waals surface area contributed by atoms with Gasteiger partial charge >= 0.3 is 6.09 Å². The zero-order valence-electron chi connectivity index (χ0n) is 17.1. The van der Waals surface area contributed by atoms with Crippen LogP contribution in [0.1, 0.15) is 37.6 Å². The van der Waals surface area contributed by atoms with E-state index in [1.165, 1.54) is 0 Å². The Morgan fingerprint density at radius 1 is 1.17 bits per heavy atom. The number of aromatic nitrogens is 2. The van der Waals surface area contributed by atoms with Crippen LogP contribution in [0.3, 0.4) is 0 Å². The summed E-state index contributed by atoms with van der Waals surface area (Å²) in [6, 6.07) is 19.0. The average molecular weight is 388 g/mol. The van der Waals surface area contributed by atoms with Crippen LogP contribution in [0, 0.1) is 18.3 Å². The van der Waals surface area contributed by atoms with E-state index in [-0.39, 0.29) is 6.54 Å². The van der Waals surface area contributed by atoms with Gasteiger partial charge in [0.2, 0.25) is 0 Å². The van der Waals surface area contributed by atoms with Crippen LogP contribution in [0.2, 0.25) is 0 Å². The molecule has 148 valence electrons. The van der Waals surface area contributed by atoms with Crippen molar-refractivity contribution in [1.29, 1.82) is 5.26 Å². The molecule has 6 heteroatoms. The Hall–Kier alpha value is -3.59. The molecule has 0 radical (unpaired) electrons. The molecule has 6 nitrogen and oxygen atoms in total. The summed E-state index contributed by atoms with van der Waals surface area (Å²) >= 11 is 0. The molecule has 0 N–H and O–H groups in total. The van der Waals surface area contributed by atoms with Gasteiger partial charge in [-0.1, -0.05) is 30.3 Å². The molecule has 0 aliphatic heterocycles. The van der Waals surface area contributed by atoms with Crippen LogP contribution >= 0.6 is 0 Å². The molecule has 1 aromatic heterocycles. The van der Waals surface area contributed by atoms with E-state index in [9.17, 15) is 10.1 Å². The lowest BCUT2D eigenvalue weighted by molar-refractivity contribution is 0.0577. The molecule has 29 heavy (non-hydrogen) atoms. The molecule has 3 aromatic rings. The van der Waals surface area contributed by atoms with Crippen molar-refractivity contribution in [2.45, 2.75) is 39.8 Å². The van der Waals surface area contributed by atoms with Gasteiger partial charge in [-0.25, -0.2) is 9.48 Å². The van der Waals surface area contributed by atoms with E-state index in [2.05, 4.69) is 11.2 Å². The summed E-state index contributed by atoms with van der Waals surface area (Å²) in [5.74, 6) is 0. The van der Waals surface area contributed by atoms with Crippen LogP contribution in [-0.2, 0) is 11.3 Å². The summed E-state index contributed by atoms with van der Waals surface area (Å²) in [7, 11) is 0. The highest BCUT2D eigenvalue weighted by atomic mass is 16.6. The Bertz CT molecular complexity index is 1040. The van der Waals surface area contributed by atoms with Gasteiger partial charge in [0.1, 0.15) is 5.60 Å². The normalized spacial score (nSPS) is 11.0. The standard InChI is InChI=1S/C23H24N4O2/c1-17-21(16-27(25-17)20-11-6-5-7-12-20)26(22(28)29-23(2,3)4)15-19-10-8-9-18(13-19)14-24/h5-13,16H,15H2,1-4H3. The highest BCUT2D eigenvalue weighted by Crippen LogP contribution is 2.25. The predicted octanol–water partition coefficient (Wildman–Crippen LogP) is 4.99. The average Bonchev–Trinajstić information content (AvgIpc) is 3.07. The molecular formula is C23H24N4O2. The third-order valence-corrected chi connectivity index (χ3v) is 4.20. The first kappa shape index (κ1) is 20.2. The summed E-state index contributed by atoms with van der Waals surface area (Å²) in [6.45, 7) is 7.63. The van der Waals surface area contributed by atoms with Gasteiger partial charge in [-0.15, -0.1) is 0 Å².